The molecule has 0 radical (unpaired) electrons. The smallest absolute Gasteiger partial charge is 0.261 e. The number of rotatable bonds is 2. The maximum Gasteiger partial charge on any atom is 0.261 e. The van der Waals surface area contributed by atoms with E-state index in [4.69, 9.17) is 0 Å². The topological polar surface area (TPSA) is 82.2 Å². The second-order valence-corrected chi connectivity index (χ2v) is 5.74. The van der Waals surface area contributed by atoms with Crippen molar-refractivity contribution in [1.29, 1.82) is 0 Å². The lowest BCUT2D eigenvalue weighted by Gasteiger charge is -2.08. The molecule has 0 aliphatic carbocycles. The summed E-state index contributed by atoms with van der Waals surface area (Å²) in [5.41, 5.74) is 0.901. The first-order chi connectivity index (χ1) is 12.1. The largest absolute Gasteiger partial charge is 0.507 e. The number of carbonyl (C=O) groups excluding carboxylic acids is 1. The number of benzene rings is 3. The van der Waals surface area contributed by atoms with Gasteiger partial charge in [-0.3, -0.25) is 9.59 Å². The van der Waals surface area contributed by atoms with Gasteiger partial charge in [-0.2, -0.15) is 0 Å². The van der Waals surface area contributed by atoms with E-state index in [-0.39, 0.29) is 16.7 Å². The number of carbonyl (C=O) groups is 1. The second kappa shape index (κ2) is 5.79. The Morgan fingerprint density at radius 2 is 1.80 bits per heavy atom. The molecule has 0 saturated carbocycles. The van der Waals surface area contributed by atoms with Gasteiger partial charge in [0.05, 0.1) is 0 Å². The molecule has 0 saturated heterocycles. The lowest BCUT2D eigenvalue weighted by molar-refractivity contribution is 0.102. The van der Waals surface area contributed by atoms with Crippen molar-refractivity contribution in [2.24, 2.45) is 0 Å². The van der Waals surface area contributed by atoms with Crippen molar-refractivity contribution >= 4 is 33.3 Å². The Kier molecular flexibility index (Phi) is 3.47. The number of phenols is 1. The van der Waals surface area contributed by atoms with E-state index in [1.165, 1.54) is 6.20 Å². The number of aromatic hydroxyl groups is 1. The van der Waals surface area contributed by atoms with Crippen LogP contribution in [-0.2, 0) is 0 Å². The lowest BCUT2D eigenvalue weighted by Crippen LogP contribution is -2.21. The molecule has 122 valence electrons. The van der Waals surface area contributed by atoms with Gasteiger partial charge in [0.2, 0.25) is 5.43 Å². The zero-order chi connectivity index (χ0) is 17.4. The van der Waals surface area contributed by atoms with Crippen molar-refractivity contribution in [3.8, 4) is 5.75 Å². The summed E-state index contributed by atoms with van der Waals surface area (Å²) in [5.74, 6) is -0.362. The van der Waals surface area contributed by atoms with Gasteiger partial charge in [0, 0.05) is 28.2 Å². The average molecular weight is 330 g/mol. The molecule has 0 atom stereocenters. The predicted molar refractivity (Wildman–Crippen MR) is 98.1 cm³/mol. The highest BCUT2D eigenvalue weighted by atomic mass is 16.3. The van der Waals surface area contributed by atoms with E-state index in [1.807, 2.05) is 12.1 Å². The molecule has 1 amide bonds. The molecule has 5 heteroatoms. The SMILES string of the molecule is O=C(Nc1ccc2cccc(O)c2c1)c1c[nH]c2ccccc2c1=O. The minimum absolute atomic E-state index is 0.0380. The number of hydrogen-bond acceptors (Lipinski definition) is 3. The highest BCUT2D eigenvalue weighted by Crippen LogP contribution is 2.27. The minimum Gasteiger partial charge on any atom is -0.507 e. The summed E-state index contributed by atoms with van der Waals surface area (Å²) in [6.07, 6.45) is 1.42. The van der Waals surface area contributed by atoms with Crippen LogP contribution in [0.5, 0.6) is 5.75 Å². The van der Waals surface area contributed by atoms with Gasteiger partial charge in [-0.15, -0.1) is 0 Å². The van der Waals surface area contributed by atoms with E-state index in [0.717, 1.165) is 5.39 Å². The van der Waals surface area contributed by atoms with Crippen molar-refractivity contribution in [2.75, 3.05) is 5.32 Å². The van der Waals surface area contributed by atoms with Gasteiger partial charge in [0.25, 0.3) is 5.91 Å². The summed E-state index contributed by atoms with van der Waals surface area (Å²) < 4.78 is 0. The standard InChI is InChI=1S/C20H14N2O3/c23-18-7-3-4-12-8-9-13(10-15(12)18)22-20(25)16-11-21-17-6-2-1-5-14(17)19(16)24/h1-11,23H,(H,21,24)(H,22,25). The highest BCUT2D eigenvalue weighted by molar-refractivity contribution is 6.06. The zero-order valence-corrected chi connectivity index (χ0v) is 13.1. The van der Waals surface area contributed by atoms with Gasteiger partial charge in [0.15, 0.2) is 0 Å². The number of aromatic amines is 1. The third kappa shape index (κ3) is 2.61. The molecular weight excluding hydrogens is 316 g/mol. The van der Waals surface area contributed by atoms with Crippen LogP contribution in [0.15, 0.2) is 71.7 Å². The van der Waals surface area contributed by atoms with Gasteiger partial charge >= 0.3 is 0 Å². The van der Waals surface area contributed by atoms with Crippen molar-refractivity contribution in [1.82, 2.24) is 4.98 Å². The van der Waals surface area contributed by atoms with Crippen LogP contribution in [-0.4, -0.2) is 16.0 Å². The van der Waals surface area contributed by atoms with Gasteiger partial charge in [-0.05, 0) is 35.7 Å². The number of aromatic nitrogens is 1. The van der Waals surface area contributed by atoms with Crippen molar-refractivity contribution < 1.29 is 9.90 Å². The van der Waals surface area contributed by atoms with Crippen LogP contribution in [0.2, 0.25) is 0 Å². The maximum absolute atomic E-state index is 12.5. The Balaban J connectivity index is 1.72. The fourth-order valence-corrected chi connectivity index (χ4v) is 2.87. The third-order valence-corrected chi connectivity index (χ3v) is 4.15. The molecule has 25 heavy (non-hydrogen) atoms. The molecule has 0 fully saturated rings. The molecular formula is C20H14N2O3. The number of phenolic OH excluding ortho intramolecular Hbond substituents is 1. The summed E-state index contributed by atoms with van der Waals surface area (Å²) in [5, 5.41) is 14.6. The zero-order valence-electron chi connectivity index (χ0n) is 13.1. The quantitative estimate of drug-likeness (QED) is 0.525. The van der Waals surface area contributed by atoms with Gasteiger partial charge < -0.3 is 15.4 Å². The number of anilines is 1. The molecule has 1 aromatic heterocycles. The summed E-state index contributed by atoms with van der Waals surface area (Å²) in [6, 6.07) is 17.5. The van der Waals surface area contributed by atoms with E-state index in [9.17, 15) is 14.7 Å². The summed E-state index contributed by atoms with van der Waals surface area (Å²) >= 11 is 0. The third-order valence-electron chi connectivity index (χ3n) is 4.15. The van der Waals surface area contributed by atoms with Crippen LogP contribution in [0.25, 0.3) is 21.7 Å². The Morgan fingerprint density at radius 3 is 2.68 bits per heavy atom. The summed E-state index contributed by atoms with van der Waals surface area (Å²) in [4.78, 5) is 28.0. The first kappa shape index (κ1) is 15.0. The Morgan fingerprint density at radius 1 is 0.960 bits per heavy atom. The number of nitrogens with one attached hydrogen (secondary N) is 2. The van der Waals surface area contributed by atoms with E-state index in [0.29, 0.717) is 22.0 Å². The summed E-state index contributed by atoms with van der Waals surface area (Å²) in [6.45, 7) is 0. The predicted octanol–water partition coefficient (Wildman–Crippen LogP) is 3.64. The first-order valence-corrected chi connectivity index (χ1v) is 7.77. The summed E-state index contributed by atoms with van der Waals surface area (Å²) in [7, 11) is 0. The fraction of sp³-hybridized carbons (Fsp3) is 0. The monoisotopic (exact) mass is 330 g/mol. The van der Waals surface area contributed by atoms with Gasteiger partial charge in [-0.1, -0.05) is 30.3 Å². The molecule has 0 aliphatic rings. The molecule has 0 aliphatic heterocycles. The van der Waals surface area contributed by atoms with Crippen molar-refractivity contribution in [3.63, 3.8) is 0 Å². The van der Waals surface area contributed by atoms with Crippen LogP contribution in [0.3, 0.4) is 0 Å². The Labute approximate surface area is 142 Å². The van der Waals surface area contributed by atoms with Crippen molar-refractivity contribution in [3.05, 3.63) is 82.6 Å². The number of fused-ring (bicyclic) bond motifs is 2. The lowest BCUT2D eigenvalue weighted by atomic mass is 10.1. The van der Waals surface area contributed by atoms with E-state index < -0.39 is 5.91 Å². The molecule has 4 rings (SSSR count). The average Bonchev–Trinajstić information content (AvgIpc) is 2.63. The minimum atomic E-state index is -0.498. The molecule has 4 aromatic rings. The van der Waals surface area contributed by atoms with E-state index in [2.05, 4.69) is 10.3 Å². The van der Waals surface area contributed by atoms with Crippen LogP contribution < -0.4 is 10.7 Å². The van der Waals surface area contributed by atoms with Crippen LogP contribution >= 0.6 is 0 Å². The molecule has 3 N–H and O–H groups in total. The first-order valence-electron chi connectivity index (χ1n) is 7.77. The highest BCUT2D eigenvalue weighted by Gasteiger charge is 2.13. The molecule has 0 spiro atoms. The fourth-order valence-electron chi connectivity index (χ4n) is 2.87. The Bertz CT molecular complexity index is 1180. The second-order valence-electron chi connectivity index (χ2n) is 5.74. The molecule has 0 unspecified atom stereocenters. The molecule has 3 aromatic carbocycles. The number of amides is 1. The number of H-pyrrole nitrogens is 1. The van der Waals surface area contributed by atoms with E-state index >= 15 is 0 Å². The van der Waals surface area contributed by atoms with Crippen LogP contribution in [0.1, 0.15) is 10.4 Å². The van der Waals surface area contributed by atoms with Crippen LogP contribution in [0, 0.1) is 0 Å². The number of hydrogen-bond donors (Lipinski definition) is 3. The van der Waals surface area contributed by atoms with E-state index in [1.54, 1.807) is 48.5 Å². The molecule has 5 nitrogen and oxygen atoms in total. The number of para-hydroxylation sites is 1. The maximum atomic E-state index is 12.5. The molecule has 1 heterocycles. The normalized spacial score (nSPS) is 10.9. The number of pyridine rings is 1. The van der Waals surface area contributed by atoms with Crippen molar-refractivity contribution in [2.45, 2.75) is 0 Å². The van der Waals surface area contributed by atoms with Crippen LogP contribution in [0.4, 0.5) is 5.69 Å². The van der Waals surface area contributed by atoms with Gasteiger partial charge in [-0.25, -0.2) is 0 Å². The molecule has 0 bridgehead atoms. The Hall–Kier alpha value is -3.60. The van der Waals surface area contributed by atoms with Gasteiger partial charge in [0.1, 0.15) is 11.3 Å².